The fraction of sp³-hybridized carbons (Fsp3) is 0.370. The second-order valence-corrected chi connectivity index (χ2v) is 8.91. The molecular weight excluding hydrogens is 490 g/mol. The number of hydrogen-bond acceptors (Lipinski definition) is 5. The van der Waals surface area contributed by atoms with Crippen LogP contribution in [0.5, 0.6) is 5.75 Å². The van der Waals surface area contributed by atoms with Crippen LogP contribution in [-0.2, 0) is 10.9 Å². The average Bonchev–Trinajstić information content (AvgIpc) is 3.31. The molecule has 0 atom stereocenters. The van der Waals surface area contributed by atoms with Crippen LogP contribution in [0.15, 0.2) is 54.4 Å². The number of fused-ring (bicyclic) bond motifs is 1. The van der Waals surface area contributed by atoms with E-state index in [9.17, 15) is 22.4 Å². The molecular formula is C27H31F4N3O3. The summed E-state index contributed by atoms with van der Waals surface area (Å²) in [5.74, 6) is -1.25. The van der Waals surface area contributed by atoms with Crippen LogP contribution in [0.3, 0.4) is 0 Å². The van der Waals surface area contributed by atoms with Gasteiger partial charge in [0.1, 0.15) is 30.1 Å². The molecule has 6 nitrogen and oxygen atoms in total. The van der Waals surface area contributed by atoms with Gasteiger partial charge >= 0.3 is 6.18 Å². The van der Waals surface area contributed by atoms with Crippen LogP contribution >= 0.6 is 0 Å². The van der Waals surface area contributed by atoms with Crippen molar-refractivity contribution in [3.8, 4) is 17.0 Å². The van der Waals surface area contributed by atoms with E-state index in [0.717, 1.165) is 18.1 Å². The molecule has 0 aliphatic rings. The Hall–Kier alpha value is -3.53. The first-order valence-electron chi connectivity index (χ1n) is 11.5. The van der Waals surface area contributed by atoms with Crippen LogP contribution in [0.25, 0.3) is 16.9 Å². The zero-order valence-electron chi connectivity index (χ0n) is 21.7. The monoisotopic (exact) mass is 521 g/mol. The van der Waals surface area contributed by atoms with Crippen molar-refractivity contribution in [3.05, 3.63) is 71.3 Å². The van der Waals surface area contributed by atoms with Crippen LogP contribution in [-0.4, -0.2) is 40.2 Å². The summed E-state index contributed by atoms with van der Waals surface area (Å²) in [6, 6.07) is 4.03. The molecule has 0 saturated carbocycles. The first-order chi connectivity index (χ1) is 17.4. The number of carbonyl (C=O) groups is 1. The Bertz CT molecular complexity index is 1270. The van der Waals surface area contributed by atoms with E-state index in [0.29, 0.717) is 12.4 Å². The average molecular weight is 522 g/mol. The second-order valence-electron chi connectivity index (χ2n) is 8.91. The van der Waals surface area contributed by atoms with Crippen LogP contribution in [0.4, 0.5) is 17.6 Å². The van der Waals surface area contributed by atoms with Gasteiger partial charge in [0, 0.05) is 18.7 Å². The maximum absolute atomic E-state index is 13.7. The van der Waals surface area contributed by atoms with Crippen molar-refractivity contribution in [2.75, 3.05) is 13.7 Å². The normalized spacial score (nSPS) is 12.5. The molecule has 0 spiro atoms. The zero-order chi connectivity index (χ0) is 27.8. The Balaban J connectivity index is 0.000000717. The predicted molar refractivity (Wildman–Crippen MR) is 134 cm³/mol. The molecule has 0 radical (unpaired) electrons. The summed E-state index contributed by atoms with van der Waals surface area (Å²) in [6.07, 6.45) is 3.28. The van der Waals surface area contributed by atoms with Crippen molar-refractivity contribution in [1.82, 2.24) is 14.6 Å². The fourth-order valence-electron chi connectivity index (χ4n) is 3.12. The van der Waals surface area contributed by atoms with Gasteiger partial charge in [-0.15, -0.1) is 0 Å². The van der Waals surface area contributed by atoms with E-state index in [-0.39, 0.29) is 40.4 Å². The van der Waals surface area contributed by atoms with Gasteiger partial charge in [-0.2, -0.15) is 18.3 Å². The van der Waals surface area contributed by atoms with E-state index in [2.05, 4.69) is 10.1 Å². The van der Waals surface area contributed by atoms with E-state index in [1.165, 1.54) is 23.0 Å². The number of benzene rings is 1. The lowest BCUT2D eigenvalue weighted by molar-refractivity contribution is -0.139. The number of halogens is 4. The molecule has 0 bridgehead atoms. The Morgan fingerprint density at radius 3 is 2.38 bits per heavy atom. The number of ether oxygens (including phenoxy) is 2. The van der Waals surface area contributed by atoms with Gasteiger partial charge in [0.25, 0.3) is 0 Å². The van der Waals surface area contributed by atoms with Gasteiger partial charge in [-0.25, -0.2) is 13.9 Å². The first kappa shape index (κ1) is 29.7. The van der Waals surface area contributed by atoms with Crippen molar-refractivity contribution in [2.45, 2.75) is 52.8 Å². The molecule has 10 heteroatoms. The molecule has 1 aromatic carbocycles. The minimum Gasteiger partial charge on any atom is -0.488 e. The quantitative estimate of drug-likeness (QED) is 0.189. The van der Waals surface area contributed by atoms with Gasteiger partial charge in [0.15, 0.2) is 11.9 Å². The summed E-state index contributed by atoms with van der Waals surface area (Å²) < 4.78 is 65.3. The molecule has 0 unspecified atom stereocenters. The van der Waals surface area contributed by atoms with Gasteiger partial charge in [0.05, 0.1) is 16.9 Å². The number of allylic oxidation sites excluding steroid dienone is 2. The number of pyridine rings is 1. The van der Waals surface area contributed by atoms with Crippen LogP contribution < -0.4 is 4.74 Å². The highest BCUT2D eigenvalue weighted by Gasteiger charge is 2.34. The summed E-state index contributed by atoms with van der Waals surface area (Å²) in [5.41, 5.74) is -0.0505. The zero-order valence-corrected chi connectivity index (χ0v) is 21.7. The van der Waals surface area contributed by atoms with E-state index in [4.69, 9.17) is 9.47 Å². The minimum absolute atomic E-state index is 0.0417. The van der Waals surface area contributed by atoms with Crippen molar-refractivity contribution in [3.63, 3.8) is 0 Å². The smallest absolute Gasteiger partial charge is 0.419 e. The number of carbonyl (C=O) groups excluding carboxylic acids is 1. The van der Waals surface area contributed by atoms with E-state index in [1.54, 1.807) is 7.11 Å². The third-order valence-corrected chi connectivity index (χ3v) is 5.09. The van der Waals surface area contributed by atoms with E-state index >= 15 is 0 Å². The molecule has 0 fully saturated rings. The molecule has 3 aromatic rings. The molecule has 200 valence electrons. The molecule has 0 aliphatic carbocycles. The first-order valence-corrected chi connectivity index (χ1v) is 11.5. The third-order valence-electron chi connectivity index (χ3n) is 5.09. The summed E-state index contributed by atoms with van der Waals surface area (Å²) in [4.78, 5) is 15.8. The SMILES string of the molecule is C/C=C\C(=C/CC)COc1cc(-c2ccc(F)c(C(F)(F)F)c2)n2ncnc2c1C=O.COC(C)(C)C. The molecule has 0 amide bonds. The van der Waals surface area contributed by atoms with Crippen molar-refractivity contribution in [2.24, 2.45) is 0 Å². The molecule has 0 saturated heterocycles. The standard InChI is InChI=1S/C22H19F4N3O2.C5H12O/c1-3-5-14(6-4-2)12-31-20-10-19(29-21(16(20)11-30)27-13-28-29)15-7-8-18(23)17(9-15)22(24,25)26;1-5(2,3)6-4/h3,5-11,13H,4,12H2,1-2H3;1-4H3/b5-3-,14-6+;. The van der Waals surface area contributed by atoms with Crippen molar-refractivity contribution in [1.29, 1.82) is 0 Å². The maximum Gasteiger partial charge on any atom is 0.419 e. The second kappa shape index (κ2) is 12.6. The van der Waals surface area contributed by atoms with Crippen molar-refractivity contribution < 1.29 is 31.8 Å². The van der Waals surface area contributed by atoms with Gasteiger partial charge in [-0.3, -0.25) is 4.79 Å². The Morgan fingerprint density at radius 2 is 1.84 bits per heavy atom. The number of methoxy groups -OCH3 is 1. The molecule has 37 heavy (non-hydrogen) atoms. The maximum atomic E-state index is 13.7. The number of alkyl halides is 3. The predicted octanol–water partition coefficient (Wildman–Crippen LogP) is 7.09. The highest BCUT2D eigenvalue weighted by Crippen LogP contribution is 2.36. The topological polar surface area (TPSA) is 65.7 Å². The lowest BCUT2D eigenvalue weighted by Crippen LogP contribution is -2.15. The van der Waals surface area contributed by atoms with E-state index in [1.807, 2.05) is 52.8 Å². The summed E-state index contributed by atoms with van der Waals surface area (Å²) in [6.45, 7) is 10.0. The van der Waals surface area contributed by atoms with Gasteiger partial charge < -0.3 is 9.47 Å². The Labute approximate surface area is 213 Å². The number of rotatable bonds is 7. The van der Waals surface area contributed by atoms with Crippen LogP contribution in [0.2, 0.25) is 0 Å². The fourth-order valence-corrected chi connectivity index (χ4v) is 3.12. The molecule has 2 aromatic heterocycles. The number of aromatic nitrogens is 3. The van der Waals surface area contributed by atoms with Crippen LogP contribution in [0.1, 0.15) is 57.0 Å². The van der Waals surface area contributed by atoms with E-state index < -0.39 is 17.6 Å². The van der Waals surface area contributed by atoms with Gasteiger partial charge in [0.2, 0.25) is 0 Å². The number of hydrogen-bond donors (Lipinski definition) is 0. The number of aldehydes is 1. The highest BCUT2D eigenvalue weighted by atomic mass is 19.4. The van der Waals surface area contributed by atoms with Gasteiger partial charge in [-0.05, 0) is 57.9 Å². The molecule has 0 N–H and O–H groups in total. The highest BCUT2D eigenvalue weighted by molar-refractivity contribution is 5.90. The largest absolute Gasteiger partial charge is 0.488 e. The molecule has 2 heterocycles. The van der Waals surface area contributed by atoms with Gasteiger partial charge in [-0.1, -0.05) is 25.2 Å². The van der Waals surface area contributed by atoms with Crippen LogP contribution in [0, 0.1) is 5.82 Å². The lowest BCUT2D eigenvalue weighted by atomic mass is 10.1. The lowest BCUT2D eigenvalue weighted by Gasteiger charge is -2.15. The molecule has 3 rings (SSSR count). The third kappa shape index (κ3) is 7.98. The van der Waals surface area contributed by atoms with Crippen molar-refractivity contribution >= 4 is 11.9 Å². The molecule has 0 aliphatic heterocycles. The minimum atomic E-state index is -4.87. The Kier molecular flexibility index (Phi) is 10.1. The number of nitrogens with zero attached hydrogens (tertiary/aromatic N) is 3. The summed E-state index contributed by atoms with van der Waals surface area (Å²) in [5, 5.41) is 4.01. The Morgan fingerprint density at radius 1 is 1.16 bits per heavy atom. The summed E-state index contributed by atoms with van der Waals surface area (Å²) >= 11 is 0. The summed E-state index contributed by atoms with van der Waals surface area (Å²) in [7, 11) is 1.71.